The van der Waals surface area contributed by atoms with Crippen molar-refractivity contribution >= 4 is 0 Å². The van der Waals surface area contributed by atoms with Gasteiger partial charge in [-0.15, -0.1) is 0 Å². The van der Waals surface area contributed by atoms with Gasteiger partial charge in [-0.25, -0.2) is 4.39 Å². The van der Waals surface area contributed by atoms with Crippen LogP contribution in [0.15, 0.2) is 24.3 Å². The van der Waals surface area contributed by atoms with Crippen LogP contribution in [-0.2, 0) is 0 Å². The van der Waals surface area contributed by atoms with Crippen molar-refractivity contribution in [1.29, 1.82) is 0 Å². The SMILES string of the molecule is OCCN(CC(O)c1ccc(F)cc1)C1CC1. The van der Waals surface area contributed by atoms with Gasteiger partial charge in [0.2, 0.25) is 0 Å². The number of rotatable bonds is 6. The van der Waals surface area contributed by atoms with Crippen LogP contribution >= 0.6 is 0 Å². The van der Waals surface area contributed by atoms with Crippen molar-refractivity contribution in [3.8, 4) is 0 Å². The summed E-state index contributed by atoms with van der Waals surface area (Å²) in [5, 5.41) is 19.0. The van der Waals surface area contributed by atoms with Crippen molar-refractivity contribution in [2.75, 3.05) is 19.7 Å². The van der Waals surface area contributed by atoms with E-state index in [1.807, 2.05) is 0 Å². The van der Waals surface area contributed by atoms with Crippen LogP contribution in [0.25, 0.3) is 0 Å². The van der Waals surface area contributed by atoms with E-state index in [-0.39, 0.29) is 12.4 Å². The minimum Gasteiger partial charge on any atom is -0.395 e. The summed E-state index contributed by atoms with van der Waals surface area (Å²) in [6, 6.07) is 6.41. The Balaban J connectivity index is 1.94. The standard InChI is InChI=1S/C13H18FNO2/c14-11-3-1-10(2-4-11)13(17)9-15(7-8-16)12-5-6-12/h1-4,12-13,16-17H,5-9H2. The number of hydrogen-bond donors (Lipinski definition) is 2. The number of nitrogens with zero attached hydrogens (tertiary/aromatic N) is 1. The molecule has 1 unspecified atom stereocenters. The van der Waals surface area contributed by atoms with E-state index in [0.717, 1.165) is 18.4 Å². The average Bonchev–Trinajstić information content (AvgIpc) is 3.13. The Hall–Kier alpha value is -0.970. The molecule has 1 aliphatic carbocycles. The van der Waals surface area contributed by atoms with Crippen LogP contribution in [0.1, 0.15) is 24.5 Å². The summed E-state index contributed by atoms with van der Waals surface area (Å²) in [7, 11) is 0. The third-order valence-electron chi connectivity index (χ3n) is 3.11. The second kappa shape index (κ2) is 5.58. The molecule has 2 rings (SSSR count). The molecule has 1 saturated carbocycles. The zero-order chi connectivity index (χ0) is 12.3. The summed E-state index contributed by atoms with van der Waals surface area (Å²) < 4.78 is 12.7. The molecule has 1 aromatic rings. The monoisotopic (exact) mass is 239 g/mol. The van der Waals surface area contributed by atoms with Gasteiger partial charge in [-0.3, -0.25) is 4.90 Å². The predicted molar refractivity (Wildman–Crippen MR) is 63.0 cm³/mol. The Morgan fingerprint density at radius 3 is 2.47 bits per heavy atom. The molecule has 3 nitrogen and oxygen atoms in total. The lowest BCUT2D eigenvalue weighted by molar-refractivity contribution is 0.0952. The Kier molecular flexibility index (Phi) is 4.10. The molecule has 1 aliphatic rings. The highest BCUT2D eigenvalue weighted by Gasteiger charge is 2.29. The minimum absolute atomic E-state index is 0.104. The molecule has 0 aliphatic heterocycles. The highest BCUT2D eigenvalue weighted by atomic mass is 19.1. The molecule has 0 radical (unpaired) electrons. The molecular formula is C13H18FNO2. The van der Waals surface area contributed by atoms with Gasteiger partial charge < -0.3 is 10.2 Å². The molecule has 1 aromatic carbocycles. The Morgan fingerprint density at radius 2 is 1.94 bits per heavy atom. The number of benzene rings is 1. The smallest absolute Gasteiger partial charge is 0.123 e. The number of aliphatic hydroxyl groups excluding tert-OH is 2. The van der Waals surface area contributed by atoms with Crippen LogP contribution in [0.5, 0.6) is 0 Å². The summed E-state index contributed by atoms with van der Waals surface area (Å²) in [5.74, 6) is -0.296. The third kappa shape index (κ3) is 3.49. The quantitative estimate of drug-likeness (QED) is 0.786. The largest absolute Gasteiger partial charge is 0.395 e. The summed E-state index contributed by atoms with van der Waals surface area (Å²) in [4.78, 5) is 2.09. The van der Waals surface area contributed by atoms with Crippen molar-refractivity contribution in [1.82, 2.24) is 4.90 Å². The normalized spacial score (nSPS) is 17.4. The lowest BCUT2D eigenvalue weighted by Crippen LogP contribution is -2.33. The maximum absolute atomic E-state index is 12.7. The highest BCUT2D eigenvalue weighted by Crippen LogP contribution is 2.28. The molecule has 0 bridgehead atoms. The Morgan fingerprint density at radius 1 is 1.29 bits per heavy atom. The Bertz CT molecular complexity index is 351. The number of aliphatic hydroxyl groups is 2. The summed E-state index contributed by atoms with van der Waals surface area (Å²) in [5.41, 5.74) is 0.718. The maximum atomic E-state index is 12.7. The van der Waals surface area contributed by atoms with Gasteiger partial charge in [0.05, 0.1) is 12.7 Å². The van der Waals surface area contributed by atoms with Crippen molar-refractivity contribution in [2.45, 2.75) is 25.0 Å². The molecule has 1 atom stereocenters. The summed E-state index contributed by atoms with van der Waals surface area (Å²) in [6.45, 7) is 1.19. The lowest BCUT2D eigenvalue weighted by Gasteiger charge is -2.24. The zero-order valence-electron chi connectivity index (χ0n) is 9.72. The van der Waals surface area contributed by atoms with Crippen molar-refractivity contribution in [3.05, 3.63) is 35.6 Å². The molecule has 1 fully saturated rings. The van der Waals surface area contributed by atoms with Crippen LogP contribution in [-0.4, -0.2) is 40.9 Å². The molecule has 2 N–H and O–H groups in total. The van der Waals surface area contributed by atoms with Gasteiger partial charge >= 0.3 is 0 Å². The van der Waals surface area contributed by atoms with Gasteiger partial charge in [-0.05, 0) is 30.5 Å². The second-order valence-corrected chi connectivity index (χ2v) is 4.52. The summed E-state index contributed by atoms with van der Waals surface area (Å²) in [6.07, 6.45) is 1.65. The first-order chi connectivity index (χ1) is 8.20. The number of halogens is 1. The fourth-order valence-corrected chi connectivity index (χ4v) is 2.00. The van der Waals surface area contributed by atoms with E-state index >= 15 is 0 Å². The minimum atomic E-state index is -0.622. The van der Waals surface area contributed by atoms with E-state index < -0.39 is 6.10 Å². The molecule has 0 amide bonds. The van der Waals surface area contributed by atoms with Crippen LogP contribution in [0.3, 0.4) is 0 Å². The van der Waals surface area contributed by atoms with Gasteiger partial charge in [-0.2, -0.15) is 0 Å². The summed E-state index contributed by atoms with van der Waals surface area (Å²) >= 11 is 0. The average molecular weight is 239 g/mol. The maximum Gasteiger partial charge on any atom is 0.123 e. The highest BCUT2D eigenvalue weighted by molar-refractivity contribution is 5.18. The first-order valence-electron chi connectivity index (χ1n) is 5.99. The topological polar surface area (TPSA) is 43.7 Å². The zero-order valence-corrected chi connectivity index (χ0v) is 9.72. The third-order valence-corrected chi connectivity index (χ3v) is 3.11. The van der Waals surface area contributed by atoms with Gasteiger partial charge in [0.25, 0.3) is 0 Å². The van der Waals surface area contributed by atoms with Crippen molar-refractivity contribution in [2.24, 2.45) is 0 Å². The number of hydrogen-bond acceptors (Lipinski definition) is 3. The van der Waals surface area contributed by atoms with Crippen molar-refractivity contribution < 1.29 is 14.6 Å². The molecule has 17 heavy (non-hydrogen) atoms. The molecule has 0 aromatic heterocycles. The fraction of sp³-hybridized carbons (Fsp3) is 0.538. The molecule has 0 spiro atoms. The van der Waals surface area contributed by atoms with Crippen LogP contribution in [0.2, 0.25) is 0 Å². The predicted octanol–water partition coefficient (Wildman–Crippen LogP) is 1.32. The van der Waals surface area contributed by atoms with E-state index in [1.165, 1.54) is 12.1 Å². The van der Waals surface area contributed by atoms with Crippen LogP contribution < -0.4 is 0 Å². The first kappa shape index (κ1) is 12.5. The fourth-order valence-electron chi connectivity index (χ4n) is 2.00. The van der Waals surface area contributed by atoms with E-state index in [4.69, 9.17) is 5.11 Å². The van der Waals surface area contributed by atoms with E-state index in [2.05, 4.69) is 4.90 Å². The lowest BCUT2D eigenvalue weighted by atomic mass is 10.1. The molecule has 94 valence electrons. The first-order valence-corrected chi connectivity index (χ1v) is 5.99. The second-order valence-electron chi connectivity index (χ2n) is 4.52. The van der Waals surface area contributed by atoms with E-state index in [0.29, 0.717) is 19.1 Å². The van der Waals surface area contributed by atoms with Gasteiger partial charge in [-0.1, -0.05) is 12.1 Å². The molecular weight excluding hydrogens is 221 g/mol. The van der Waals surface area contributed by atoms with Crippen molar-refractivity contribution in [3.63, 3.8) is 0 Å². The molecule has 0 heterocycles. The van der Waals surface area contributed by atoms with E-state index in [9.17, 15) is 9.50 Å². The van der Waals surface area contributed by atoms with Crippen LogP contribution in [0, 0.1) is 5.82 Å². The van der Waals surface area contributed by atoms with Crippen LogP contribution in [0.4, 0.5) is 4.39 Å². The molecule has 0 saturated heterocycles. The Labute approximate surface area is 100 Å². The van der Waals surface area contributed by atoms with Gasteiger partial charge in [0.15, 0.2) is 0 Å². The van der Waals surface area contributed by atoms with Gasteiger partial charge in [0.1, 0.15) is 5.82 Å². The van der Waals surface area contributed by atoms with Gasteiger partial charge in [0, 0.05) is 19.1 Å². The molecule has 4 heteroatoms. The van der Waals surface area contributed by atoms with E-state index in [1.54, 1.807) is 12.1 Å².